The van der Waals surface area contributed by atoms with Gasteiger partial charge in [-0.15, -0.1) is 0 Å². The molecule has 1 aliphatic heterocycles. The molecule has 0 radical (unpaired) electrons. The Balaban J connectivity index is 1.40. The molecule has 32 heavy (non-hydrogen) atoms. The fourth-order valence-electron chi connectivity index (χ4n) is 4.75. The van der Waals surface area contributed by atoms with E-state index >= 15 is 0 Å². The normalized spacial score (nSPS) is 17.8. The summed E-state index contributed by atoms with van der Waals surface area (Å²) >= 11 is 0. The second-order valence-corrected chi connectivity index (χ2v) is 9.89. The summed E-state index contributed by atoms with van der Waals surface area (Å²) in [6.07, 6.45) is 5.61. The van der Waals surface area contributed by atoms with Crippen LogP contribution >= 0.6 is 0 Å². The molecule has 0 spiro atoms. The van der Waals surface area contributed by atoms with E-state index in [9.17, 15) is 4.39 Å². The van der Waals surface area contributed by atoms with Crippen LogP contribution in [-0.4, -0.2) is 29.1 Å². The van der Waals surface area contributed by atoms with E-state index in [2.05, 4.69) is 66.7 Å². The van der Waals surface area contributed by atoms with E-state index in [-0.39, 0.29) is 11.9 Å². The molecule has 2 aromatic rings. The Bertz CT molecular complexity index is 1030. The summed E-state index contributed by atoms with van der Waals surface area (Å²) in [5.41, 5.74) is 5.81. The van der Waals surface area contributed by atoms with E-state index in [4.69, 9.17) is 0 Å². The smallest absolute Gasteiger partial charge is 0.225 e. The number of nitrogens with one attached hydrogen (secondary N) is 2. The minimum Gasteiger partial charge on any atom is -0.365 e. The van der Waals surface area contributed by atoms with Gasteiger partial charge in [0.05, 0.1) is 29.9 Å². The Labute approximate surface area is 190 Å². The number of aromatic nitrogens is 2. The zero-order chi connectivity index (χ0) is 23.0. The first-order valence-corrected chi connectivity index (χ1v) is 11.5. The van der Waals surface area contributed by atoms with Gasteiger partial charge < -0.3 is 15.5 Å². The number of rotatable bonds is 8. The summed E-state index contributed by atoms with van der Waals surface area (Å²) in [5, 5.41) is 6.84. The Morgan fingerprint density at radius 2 is 1.94 bits per heavy atom. The van der Waals surface area contributed by atoms with Crippen LogP contribution in [0, 0.1) is 17.2 Å². The van der Waals surface area contributed by atoms with E-state index in [1.54, 1.807) is 24.5 Å². The number of benzene rings is 1. The van der Waals surface area contributed by atoms with Crippen molar-refractivity contribution in [3.05, 3.63) is 65.5 Å². The molecule has 6 heteroatoms. The van der Waals surface area contributed by atoms with Crippen molar-refractivity contribution in [2.75, 3.05) is 23.3 Å². The van der Waals surface area contributed by atoms with Crippen molar-refractivity contribution in [3.63, 3.8) is 0 Å². The minimum absolute atomic E-state index is 0.0958. The van der Waals surface area contributed by atoms with Gasteiger partial charge >= 0.3 is 0 Å². The Morgan fingerprint density at radius 3 is 2.56 bits per heavy atom. The number of allylic oxidation sites excluding steroid dienone is 1. The molecule has 170 valence electrons. The monoisotopic (exact) mass is 435 g/mol. The van der Waals surface area contributed by atoms with Crippen molar-refractivity contribution in [1.82, 2.24) is 15.3 Å². The average Bonchev–Trinajstić information content (AvgIpc) is 3.06. The van der Waals surface area contributed by atoms with E-state index in [0.29, 0.717) is 17.2 Å². The molecule has 1 fully saturated rings. The summed E-state index contributed by atoms with van der Waals surface area (Å²) in [4.78, 5) is 11.3. The Hall–Kier alpha value is -2.89. The quantitative estimate of drug-likeness (QED) is 0.583. The van der Waals surface area contributed by atoms with E-state index in [1.165, 1.54) is 17.6 Å². The fraction of sp³-hybridized carbons (Fsp3) is 0.462. The van der Waals surface area contributed by atoms with Crippen molar-refractivity contribution in [3.8, 4) is 0 Å². The van der Waals surface area contributed by atoms with Gasteiger partial charge in [0.1, 0.15) is 5.82 Å². The maximum Gasteiger partial charge on any atom is 0.225 e. The standard InChI is InChI=1S/C26H34FN5/c1-7-26(6)14-32(15-26)25-28-12-21(13-29-25)30-18(5)31-24(16(2)3)23-10-19-8-9-20(27)11-22(19)17(23)4/h8-9,11-13,16,24,30-31H,5,7,10,14-15H2,1-4,6H3. The maximum absolute atomic E-state index is 13.8. The number of hydrogen-bond acceptors (Lipinski definition) is 5. The van der Waals surface area contributed by atoms with Gasteiger partial charge in [0.15, 0.2) is 0 Å². The molecule has 0 amide bonds. The van der Waals surface area contributed by atoms with Crippen molar-refractivity contribution in [2.45, 2.75) is 53.5 Å². The van der Waals surface area contributed by atoms with Crippen LogP contribution < -0.4 is 15.5 Å². The molecule has 2 N–H and O–H groups in total. The Kier molecular flexibility index (Phi) is 5.97. The Morgan fingerprint density at radius 1 is 1.25 bits per heavy atom. The molecule has 4 rings (SSSR count). The van der Waals surface area contributed by atoms with Crippen LogP contribution in [0.5, 0.6) is 0 Å². The van der Waals surface area contributed by atoms with Gasteiger partial charge in [-0.2, -0.15) is 0 Å². The van der Waals surface area contributed by atoms with E-state index in [1.807, 2.05) is 6.07 Å². The molecule has 0 saturated carbocycles. The third-order valence-electron chi connectivity index (χ3n) is 6.93. The molecule has 1 unspecified atom stereocenters. The lowest BCUT2D eigenvalue weighted by molar-refractivity contribution is 0.230. The summed E-state index contributed by atoms with van der Waals surface area (Å²) in [6, 6.07) is 5.17. The van der Waals surface area contributed by atoms with Crippen LogP contribution in [0.25, 0.3) is 5.57 Å². The van der Waals surface area contributed by atoms with Gasteiger partial charge in [-0.05, 0) is 60.1 Å². The van der Waals surface area contributed by atoms with Crippen LogP contribution in [0.4, 0.5) is 16.0 Å². The van der Waals surface area contributed by atoms with Gasteiger partial charge in [0.2, 0.25) is 5.95 Å². The van der Waals surface area contributed by atoms with E-state index < -0.39 is 0 Å². The van der Waals surface area contributed by atoms with Crippen molar-refractivity contribution >= 4 is 17.2 Å². The highest BCUT2D eigenvalue weighted by Gasteiger charge is 2.38. The lowest BCUT2D eigenvalue weighted by Crippen LogP contribution is -2.55. The van der Waals surface area contributed by atoms with E-state index in [0.717, 1.165) is 42.3 Å². The number of nitrogens with zero attached hydrogens (tertiary/aromatic N) is 3. The fourth-order valence-corrected chi connectivity index (χ4v) is 4.75. The van der Waals surface area contributed by atoms with Crippen LogP contribution in [0.2, 0.25) is 0 Å². The molecule has 1 atom stereocenters. The third-order valence-corrected chi connectivity index (χ3v) is 6.93. The van der Waals surface area contributed by atoms with Gasteiger partial charge in [-0.3, -0.25) is 0 Å². The number of hydrogen-bond donors (Lipinski definition) is 2. The number of anilines is 2. The molecule has 2 heterocycles. The molecule has 5 nitrogen and oxygen atoms in total. The molecule has 1 aliphatic carbocycles. The van der Waals surface area contributed by atoms with Crippen LogP contribution in [0.3, 0.4) is 0 Å². The highest BCUT2D eigenvalue weighted by atomic mass is 19.1. The molecule has 2 aliphatic rings. The van der Waals surface area contributed by atoms with Crippen LogP contribution in [-0.2, 0) is 6.42 Å². The first kappa shape index (κ1) is 22.3. The van der Waals surface area contributed by atoms with Gasteiger partial charge in [-0.1, -0.05) is 40.3 Å². The summed E-state index contributed by atoms with van der Waals surface area (Å²) < 4.78 is 13.8. The van der Waals surface area contributed by atoms with Crippen LogP contribution in [0.1, 0.15) is 52.2 Å². The van der Waals surface area contributed by atoms with Gasteiger partial charge in [0.25, 0.3) is 0 Å². The van der Waals surface area contributed by atoms with Crippen molar-refractivity contribution in [2.24, 2.45) is 11.3 Å². The van der Waals surface area contributed by atoms with Gasteiger partial charge in [0, 0.05) is 18.5 Å². The first-order chi connectivity index (χ1) is 15.2. The van der Waals surface area contributed by atoms with Gasteiger partial charge in [-0.25, -0.2) is 14.4 Å². The maximum atomic E-state index is 13.8. The number of halogens is 1. The highest BCUT2D eigenvalue weighted by molar-refractivity contribution is 5.76. The summed E-state index contributed by atoms with van der Waals surface area (Å²) in [6.45, 7) is 17.2. The zero-order valence-corrected chi connectivity index (χ0v) is 19.8. The molecular weight excluding hydrogens is 401 g/mol. The lowest BCUT2D eigenvalue weighted by Gasteiger charge is -2.47. The number of fused-ring (bicyclic) bond motifs is 1. The molecule has 1 aromatic carbocycles. The predicted octanol–water partition coefficient (Wildman–Crippen LogP) is 5.38. The minimum atomic E-state index is -0.189. The second-order valence-electron chi connectivity index (χ2n) is 9.89. The summed E-state index contributed by atoms with van der Waals surface area (Å²) in [5.74, 6) is 1.63. The van der Waals surface area contributed by atoms with Crippen molar-refractivity contribution in [1.29, 1.82) is 0 Å². The second kappa shape index (κ2) is 8.57. The van der Waals surface area contributed by atoms with Crippen molar-refractivity contribution < 1.29 is 4.39 Å². The zero-order valence-electron chi connectivity index (χ0n) is 19.8. The highest BCUT2D eigenvalue weighted by Crippen LogP contribution is 2.37. The van der Waals surface area contributed by atoms with Crippen LogP contribution in [0.15, 0.2) is 48.6 Å². The first-order valence-electron chi connectivity index (χ1n) is 11.5. The molecule has 1 saturated heterocycles. The lowest BCUT2D eigenvalue weighted by atomic mass is 9.80. The molecule has 1 aromatic heterocycles. The topological polar surface area (TPSA) is 53.1 Å². The molecule has 0 bridgehead atoms. The predicted molar refractivity (Wildman–Crippen MR) is 130 cm³/mol. The summed E-state index contributed by atoms with van der Waals surface area (Å²) in [7, 11) is 0. The molecular formula is C26H34FN5. The SMILES string of the molecule is C=C(Nc1cnc(N2CC(C)(CC)C2)nc1)NC(C1=C(C)c2cc(F)ccc2C1)C(C)C. The average molecular weight is 436 g/mol. The third kappa shape index (κ3) is 4.36. The largest absolute Gasteiger partial charge is 0.365 e.